The van der Waals surface area contributed by atoms with E-state index in [1.54, 1.807) is 0 Å². The number of amides is 3. The van der Waals surface area contributed by atoms with E-state index in [4.69, 9.17) is 16.6 Å². The maximum absolute atomic E-state index is 15.6. The van der Waals surface area contributed by atoms with Gasteiger partial charge in [0.25, 0.3) is 5.92 Å². The topological polar surface area (TPSA) is 194 Å². The third-order valence-electron chi connectivity index (χ3n) is 13.6. The predicted molar refractivity (Wildman–Crippen MR) is 254 cm³/mol. The number of carbonyl (C=O) groups is 2. The van der Waals surface area contributed by atoms with Gasteiger partial charge in [-0.15, -0.1) is 0 Å². The van der Waals surface area contributed by atoms with E-state index in [1.165, 1.54) is 32.0 Å². The van der Waals surface area contributed by atoms with Crippen molar-refractivity contribution in [2.24, 2.45) is 5.92 Å². The van der Waals surface area contributed by atoms with Crippen molar-refractivity contribution in [3.63, 3.8) is 0 Å². The Kier molecular flexibility index (Phi) is 14.9. The van der Waals surface area contributed by atoms with Crippen molar-refractivity contribution in [2.75, 3.05) is 56.1 Å². The summed E-state index contributed by atoms with van der Waals surface area (Å²) >= 11 is 6.72. The number of fused-ring (bicyclic) bond motifs is 4. The van der Waals surface area contributed by atoms with Gasteiger partial charge in [-0.1, -0.05) is 23.7 Å². The fourth-order valence-electron chi connectivity index (χ4n) is 9.55. The van der Waals surface area contributed by atoms with E-state index in [1.807, 2.05) is 4.90 Å². The first kappa shape index (κ1) is 55.6. The van der Waals surface area contributed by atoms with Gasteiger partial charge in [-0.05, 0) is 75.3 Å². The van der Waals surface area contributed by atoms with Crippen LogP contribution in [0.15, 0.2) is 42.5 Å². The predicted octanol–water partition coefficient (Wildman–Crippen LogP) is 7.25. The lowest BCUT2D eigenvalue weighted by Crippen LogP contribution is -2.49. The lowest BCUT2D eigenvalue weighted by atomic mass is 9.93. The Morgan fingerprint density at radius 1 is 0.933 bits per heavy atom. The number of benzene rings is 2. The summed E-state index contributed by atoms with van der Waals surface area (Å²) in [5, 5.41) is 14.6. The molecule has 1 saturated heterocycles. The molecule has 3 N–H and O–H groups in total. The number of anilines is 1. The molecule has 3 aromatic heterocycles. The van der Waals surface area contributed by atoms with E-state index < -0.39 is 143 Å². The van der Waals surface area contributed by atoms with E-state index in [0.29, 0.717) is 43.2 Å². The minimum atomic E-state index is -5.20. The minimum Gasteiger partial charge on any atom is -0.346 e. The van der Waals surface area contributed by atoms with Gasteiger partial charge in [0.05, 0.1) is 38.7 Å². The summed E-state index contributed by atoms with van der Waals surface area (Å²) in [6.07, 6.45) is -9.84. The van der Waals surface area contributed by atoms with Crippen LogP contribution in [-0.2, 0) is 62.7 Å². The molecule has 3 amide bonds. The maximum Gasteiger partial charge on any atom is 0.435 e. The molecule has 5 aromatic rings. The number of urea groups is 1. The molecule has 1 saturated carbocycles. The van der Waals surface area contributed by atoms with Crippen LogP contribution in [0.2, 0.25) is 5.02 Å². The smallest absolute Gasteiger partial charge is 0.346 e. The second kappa shape index (κ2) is 20.1. The number of sulfonamides is 1. The molecule has 2 aromatic carbocycles. The highest BCUT2D eigenvalue weighted by Crippen LogP contribution is 2.68. The molecule has 0 bridgehead atoms. The minimum absolute atomic E-state index is 0.0733. The Balaban J connectivity index is 1.30. The van der Waals surface area contributed by atoms with Crippen molar-refractivity contribution in [2.45, 2.75) is 87.6 Å². The highest BCUT2D eigenvalue weighted by molar-refractivity contribution is 7.93. The van der Waals surface area contributed by atoms with Crippen molar-refractivity contribution in [1.82, 2.24) is 45.4 Å². The van der Waals surface area contributed by atoms with E-state index in [0.717, 1.165) is 24.5 Å². The van der Waals surface area contributed by atoms with E-state index in [-0.39, 0.29) is 69.4 Å². The van der Waals surface area contributed by atoms with Crippen molar-refractivity contribution >= 4 is 60.1 Å². The SMILES string of the molecule is CC(C)(CCc1ccc(-c2ccc(Cl)c3c(N(C(=O)NCCN4CCNCC4)S(C)(=O)=O)nn(CC(F)(F)F)c23)c([C@H](Cc2cc(F)cc(F)c2)NC(=O)Cn2nc(C(F)(F)F)c3c2C(F)(F)C2C[C@H]32)n1)S(C)(=O)=O. The van der Waals surface area contributed by atoms with Gasteiger partial charge in [-0.2, -0.15) is 49.6 Å². The Bertz CT molecular complexity index is 3270. The zero-order valence-electron chi connectivity index (χ0n) is 40.3. The average Bonchev–Trinajstić information content (AvgIpc) is 3.80. The van der Waals surface area contributed by atoms with E-state index >= 15 is 8.78 Å². The largest absolute Gasteiger partial charge is 0.435 e. The standard InChI is InChI=1S/C46H49ClF10N10O6S2/c1-43(2,74(3,70)71)10-9-27-5-6-28(29-7-8-32(47)36-38(29)66(23-44(50,51)52)63-41(36)67(75(4,72)73)42(69)59-13-16-64-14-11-58-12-15-64)37(60-27)33(19-24-17-25(48)20-26(49)18-24)61-34(68)22-65-40-35(39(62-65)46(55,56)57)30-21-31(30)45(40,53)54/h5-8,17-18,20,30-31,33,58H,9-16,19,21-23H2,1-4H3,(H,59,69)(H,61,68)/t30-,31?,33-/m0/s1. The third kappa shape index (κ3) is 11.7. The van der Waals surface area contributed by atoms with Crippen LogP contribution in [-0.4, -0.2) is 121 Å². The van der Waals surface area contributed by atoms with Crippen LogP contribution in [0, 0.1) is 17.6 Å². The first-order valence-electron chi connectivity index (χ1n) is 23.2. The molecule has 8 rings (SSSR count). The van der Waals surface area contributed by atoms with Gasteiger partial charge in [0.2, 0.25) is 15.9 Å². The number of hydrogen-bond acceptors (Lipinski definition) is 11. The number of sulfone groups is 1. The van der Waals surface area contributed by atoms with Gasteiger partial charge in [0.15, 0.2) is 21.3 Å². The number of aromatic nitrogens is 5. The normalized spacial score (nSPS) is 18.4. The molecule has 75 heavy (non-hydrogen) atoms. The molecule has 16 nitrogen and oxygen atoms in total. The maximum atomic E-state index is 15.6. The lowest BCUT2D eigenvalue weighted by Gasteiger charge is -2.27. The fourth-order valence-corrected chi connectivity index (χ4v) is 11.1. The fraction of sp³-hybridized carbons (Fsp3) is 0.500. The summed E-state index contributed by atoms with van der Waals surface area (Å²) in [6.45, 7) is 2.31. The molecular weight excluding hydrogens is 1080 g/mol. The summed E-state index contributed by atoms with van der Waals surface area (Å²) in [4.78, 5) is 34.8. The van der Waals surface area contributed by atoms with Gasteiger partial charge in [-0.25, -0.2) is 30.4 Å². The molecule has 29 heteroatoms. The van der Waals surface area contributed by atoms with Crippen molar-refractivity contribution in [1.29, 1.82) is 0 Å². The summed E-state index contributed by atoms with van der Waals surface area (Å²) in [6, 6.07) is 4.13. The molecule has 3 atom stereocenters. The summed E-state index contributed by atoms with van der Waals surface area (Å²) < 4.78 is 200. The van der Waals surface area contributed by atoms with Gasteiger partial charge >= 0.3 is 18.4 Å². The van der Waals surface area contributed by atoms with Gasteiger partial charge in [-0.3, -0.25) is 24.0 Å². The number of carbonyl (C=O) groups excluding carboxylic acids is 2. The number of alkyl halides is 8. The van der Waals surface area contributed by atoms with Crippen LogP contribution in [0.4, 0.5) is 54.5 Å². The molecule has 2 fully saturated rings. The van der Waals surface area contributed by atoms with Crippen molar-refractivity contribution in [3.05, 3.63) is 93.0 Å². The Morgan fingerprint density at radius 2 is 1.59 bits per heavy atom. The second-order valence-electron chi connectivity index (χ2n) is 19.5. The monoisotopic (exact) mass is 1130 g/mol. The Labute approximate surface area is 428 Å². The Hall–Kier alpha value is -5.58. The molecular formula is C46H49ClF10N10O6S2. The molecule has 1 unspecified atom stereocenters. The van der Waals surface area contributed by atoms with Crippen LogP contribution >= 0.6 is 11.6 Å². The molecule has 0 spiro atoms. The van der Waals surface area contributed by atoms with Gasteiger partial charge in [0, 0.05) is 79.9 Å². The first-order chi connectivity index (χ1) is 34.7. The molecule has 4 heterocycles. The average molecular weight is 1130 g/mol. The third-order valence-corrected chi connectivity index (χ3v) is 17.1. The number of aryl methyl sites for hydroxylation is 1. The zero-order valence-corrected chi connectivity index (χ0v) is 42.7. The summed E-state index contributed by atoms with van der Waals surface area (Å²) in [5.41, 5.74) is -5.00. The molecule has 2 aliphatic carbocycles. The Morgan fingerprint density at radius 3 is 2.20 bits per heavy atom. The van der Waals surface area contributed by atoms with Crippen molar-refractivity contribution in [3.8, 4) is 11.1 Å². The summed E-state index contributed by atoms with van der Waals surface area (Å²) in [5.74, 6) is -10.8. The molecule has 0 radical (unpaired) electrons. The lowest BCUT2D eigenvalue weighted by molar-refractivity contribution is -0.143. The first-order valence-corrected chi connectivity index (χ1v) is 27.3. The quantitative estimate of drug-likeness (QED) is 0.0795. The highest BCUT2D eigenvalue weighted by atomic mass is 35.5. The molecule has 1 aliphatic heterocycles. The number of halogens is 11. The van der Waals surface area contributed by atoms with E-state index in [9.17, 15) is 61.5 Å². The number of hydrogen-bond donors (Lipinski definition) is 3. The van der Waals surface area contributed by atoms with Crippen LogP contribution in [0.3, 0.4) is 0 Å². The zero-order chi connectivity index (χ0) is 55.0. The molecule has 3 aliphatic rings. The van der Waals surface area contributed by atoms with Crippen LogP contribution in [0.25, 0.3) is 22.0 Å². The van der Waals surface area contributed by atoms with Crippen LogP contribution in [0.5, 0.6) is 0 Å². The van der Waals surface area contributed by atoms with E-state index in [2.05, 4.69) is 26.1 Å². The van der Waals surface area contributed by atoms with Crippen LogP contribution in [0.1, 0.15) is 72.6 Å². The number of pyridine rings is 1. The number of nitrogens with one attached hydrogen (secondary N) is 3. The molecule has 408 valence electrons. The van der Waals surface area contributed by atoms with Gasteiger partial charge in [0.1, 0.15) is 30.4 Å². The number of piperazine rings is 1. The number of nitrogens with zero attached hydrogens (tertiary/aromatic N) is 7. The highest BCUT2D eigenvalue weighted by Gasteiger charge is 2.68. The van der Waals surface area contributed by atoms with Crippen LogP contribution < -0.4 is 20.3 Å². The number of rotatable bonds is 17. The summed E-state index contributed by atoms with van der Waals surface area (Å²) in [7, 11) is -8.47. The van der Waals surface area contributed by atoms with Gasteiger partial charge < -0.3 is 16.0 Å². The second-order valence-corrected chi connectivity index (χ2v) is 24.4. The van der Waals surface area contributed by atoms with Crippen molar-refractivity contribution < 1.29 is 70.3 Å².